The molecule has 3 heterocycles. The number of pyridine rings is 2. The average Bonchev–Trinajstić information content (AvgIpc) is 2.54. The smallest absolute Gasteiger partial charge is 0.277 e. The molecule has 1 aliphatic rings. The van der Waals surface area contributed by atoms with Gasteiger partial charge in [0.15, 0.2) is 0 Å². The van der Waals surface area contributed by atoms with Crippen molar-refractivity contribution < 1.29 is 14.4 Å². The first kappa shape index (κ1) is 14.8. The second-order valence-electron chi connectivity index (χ2n) is 5.38. The Kier molecular flexibility index (Phi) is 3.84. The zero-order valence-corrected chi connectivity index (χ0v) is 12.2. The summed E-state index contributed by atoms with van der Waals surface area (Å²) in [6.07, 6.45) is 6.72. The number of hydrogen-bond acceptors (Lipinski definition) is 5. The van der Waals surface area contributed by atoms with Gasteiger partial charge < -0.3 is 0 Å². The molecule has 1 saturated heterocycles. The van der Waals surface area contributed by atoms with Gasteiger partial charge in [-0.1, -0.05) is 0 Å². The Bertz CT molecular complexity index is 683. The van der Waals surface area contributed by atoms with Crippen LogP contribution in [0.25, 0.3) is 0 Å². The van der Waals surface area contributed by atoms with Gasteiger partial charge in [0, 0.05) is 24.8 Å². The van der Waals surface area contributed by atoms with Crippen LogP contribution in [0.1, 0.15) is 11.1 Å². The molecule has 7 nitrogen and oxygen atoms in total. The second-order valence-corrected chi connectivity index (χ2v) is 5.38. The number of barbiturate groups is 1. The monoisotopic (exact) mass is 310 g/mol. The van der Waals surface area contributed by atoms with Crippen LogP contribution in [0.15, 0.2) is 49.1 Å². The molecule has 2 aromatic rings. The van der Waals surface area contributed by atoms with Crippen molar-refractivity contribution in [3.05, 3.63) is 60.2 Å². The number of carbonyl (C=O) groups excluding carboxylic acids is 3. The van der Waals surface area contributed by atoms with Crippen molar-refractivity contribution in [2.45, 2.75) is 12.8 Å². The lowest BCUT2D eigenvalue weighted by atomic mass is 9.74. The lowest BCUT2D eigenvalue weighted by Crippen LogP contribution is -2.64. The van der Waals surface area contributed by atoms with Crippen molar-refractivity contribution in [2.75, 3.05) is 0 Å². The Balaban J connectivity index is 2.00. The molecular formula is C16H14N4O3. The average molecular weight is 310 g/mol. The van der Waals surface area contributed by atoms with Gasteiger partial charge in [0.1, 0.15) is 5.41 Å². The van der Waals surface area contributed by atoms with E-state index in [2.05, 4.69) is 20.6 Å². The number of nitrogens with one attached hydrogen (secondary N) is 2. The number of nitrogens with zero attached hydrogens (tertiary/aromatic N) is 2. The third-order valence-electron chi connectivity index (χ3n) is 3.83. The van der Waals surface area contributed by atoms with Gasteiger partial charge in [-0.05, 0) is 48.2 Å². The summed E-state index contributed by atoms with van der Waals surface area (Å²) in [6, 6.07) is 6.17. The normalized spacial score (nSPS) is 16.6. The van der Waals surface area contributed by atoms with Gasteiger partial charge in [0.25, 0.3) is 0 Å². The number of imide groups is 2. The zero-order chi connectivity index (χ0) is 16.3. The molecule has 4 amide bonds. The Hall–Kier alpha value is -3.09. The minimum Gasteiger partial charge on any atom is -0.277 e. The standard InChI is InChI=1S/C16H14N4O3/c21-13-16(14(22)20-15(23)19-13,9-11-1-5-17-6-2-11)10-12-3-7-18-8-4-12/h1-8H,9-10H2,(H2,19,20,21,22,23). The summed E-state index contributed by atoms with van der Waals surface area (Å²) in [6.45, 7) is 0. The molecule has 3 rings (SSSR count). The maximum Gasteiger partial charge on any atom is 0.328 e. The predicted molar refractivity (Wildman–Crippen MR) is 80.0 cm³/mol. The van der Waals surface area contributed by atoms with E-state index in [4.69, 9.17) is 0 Å². The van der Waals surface area contributed by atoms with Gasteiger partial charge in [0.05, 0.1) is 0 Å². The van der Waals surface area contributed by atoms with Crippen molar-refractivity contribution in [1.29, 1.82) is 0 Å². The quantitative estimate of drug-likeness (QED) is 0.806. The molecule has 0 unspecified atom stereocenters. The number of rotatable bonds is 4. The molecule has 23 heavy (non-hydrogen) atoms. The van der Waals surface area contributed by atoms with E-state index in [0.29, 0.717) is 0 Å². The van der Waals surface area contributed by atoms with E-state index in [1.165, 1.54) is 0 Å². The second kappa shape index (κ2) is 5.96. The zero-order valence-electron chi connectivity index (χ0n) is 12.2. The molecule has 7 heteroatoms. The van der Waals surface area contributed by atoms with E-state index in [9.17, 15) is 14.4 Å². The molecule has 0 aliphatic carbocycles. The Morgan fingerprint density at radius 3 is 1.52 bits per heavy atom. The van der Waals surface area contributed by atoms with Crippen LogP contribution in [-0.4, -0.2) is 27.8 Å². The van der Waals surface area contributed by atoms with Gasteiger partial charge in [-0.3, -0.25) is 30.2 Å². The maximum absolute atomic E-state index is 12.5. The summed E-state index contributed by atoms with van der Waals surface area (Å²) >= 11 is 0. The van der Waals surface area contributed by atoms with E-state index in [0.717, 1.165) is 11.1 Å². The molecule has 1 fully saturated rings. The molecule has 0 radical (unpaired) electrons. The highest BCUT2D eigenvalue weighted by molar-refractivity contribution is 6.19. The van der Waals surface area contributed by atoms with Crippen LogP contribution in [0.3, 0.4) is 0 Å². The molecule has 1 aliphatic heterocycles. The third kappa shape index (κ3) is 2.94. The first-order chi connectivity index (χ1) is 11.1. The largest absolute Gasteiger partial charge is 0.328 e. The third-order valence-corrected chi connectivity index (χ3v) is 3.83. The predicted octanol–water partition coefficient (Wildman–Crippen LogP) is 0.614. The highest BCUT2D eigenvalue weighted by atomic mass is 16.2. The van der Waals surface area contributed by atoms with Crippen molar-refractivity contribution in [2.24, 2.45) is 5.41 Å². The molecule has 0 bridgehead atoms. The maximum atomic E-state index is 12.5. The van der Waals surface area contributed by atoms with Gasteiger partial charge in [-0.15, -0.1) is 0 Å². The number of aromatic nitrogens is 2. The summed E-state index contributed by atoms with van der Waals surface area (Å²) in [5.41, 5.74) is 0.179. The SMILES string of the molecule is O=C1NC(=O)C(Cc2ccncc2)(Cc2ccncc2)C(=O)N1. The van der Waals surface area contributed by atoms with E-state index < -0.39 is 23.3 Å². The Labute approximate surface area is 132 Å². The highest BCUT2D eigenvalue weighted by Crippen LogP contribution is 2.30. The molecule has 2 N–H and O–H groups in total. The molecular weight excluding hydrogens is 296 g/mol. The summed E-state index contributed by atoms with van der Waals surface area (Å²) in [5.74, 6) is -1.19. The summed E-state index contributed by atoms with van der Waals surface area (Å²) in [7, 11) is 0. The van der Waals surface area contributed by atoms with E-state index in [-0.39, 0.29) is 12.8 Å². The van der Waals surface area contributed by atoms with E-state index in [1.54, 1.807) is 49.1 Å². The summed E-state index contributed by atoms with van der Waals surface area (Å²) in [4.78, 5) is 44.3. The van der Waals surface area contributed by atoms with Crippen LogP contribution < -0.4 is 10.6 Å². The van der Waals surface area contributed by atoms with Crippen molar-refractivity contribution in [3.63, 3.8) is 0 Å². The molecule has 0 atom stereocenters. The fourth-order valence-electron chi connectivity index (χ4n) is 2.66. The lowest BCUT2D eigenvalue weighted by molar-refractivity contribution is -0.144. The fraction of sp³-hybridized carbons (Fsp3) is 0.188. The topological polar surface area (TPSA) is 101 Å². The van der Waals surface area contributed by atoms with Crippen LogP contribution in [-0.2, 0) is 22.4 Å². The minimum atomic E-state index is -1.39. The number of hydrogen-bond donors (Lipinski definition) is 2. The molecule has 2 aromatic heterocycles. The van der Waals surface area contributed by atoms with Crippen LogP contribution in [0, 0.1) is 5.41 Å². The number of carbonyl (C=O) groups is 3. The number of urea groups is 1. The van der Waals surface area contributed by atoms with Crippen molar-refractivity contribution in [3.8, 4) is 0 Å². The summed E-state index contributed by atoms with van der Waals surface area (Å²) in [5, 5.41) is 4.40. The van der Waals surface area contributed by atoms with E-state index >= 15 is 0 Å². The van der Waals surface area contributed by atoms with Crippen LogP contribution >= 0.6 is 0 Å². The van der Waals surface area contributed by atoms with Crippen molar-refractivity contribution >= 4 is 17.8 Å². The molecule has 0 spiro atoms. The molecule has 116 valence electrons. The Morgan fingerprint density at radius 2 is 1.13 bits per heavy atom. The van der Waals surface area contributed by atoms with Crippen LogP contribution in [0.5, 0.6) is 0 Å². The summed E-state index contributed by atoms with van der Waals surface area (Å²) < 4.78 is 0. The van der Waals surface area contributed by atoms with Gasteiger partial charge in [0.2, 0.25) is 11.8 Å². The lowest BCUT2D eigenvalue weighted by Gasteiger charge is -2.34. The van der Waals surface area contributed by atoms with Gasteiger partial charge in [-0.25, -0.2) is 4.79 Å². The fourth-order valence-corrected chi connectivity index (χ4v) is 2.66. The van der Waals surface area contributed by atoms with E-state index in [1.807, 2.05) is 0 Å². The minimum absolute atomic E-state index is 0.169. The van der Waals surface area contributed by atoms with Gasteiger partial charge >= 0.3 is 6.03 Å². The first-order valence-corrected chi connectivity index (χ1v) is 7.05. The van der Waals surface area contributed by atoms with Crippen LogP contribution in [0.4, 0.5) is 4.79 Å². The van der Waals surface area contributed by atoms with Crippen LogP contribution in [0.2, 0.25) is 0 Å². The van der Waals surface area contributed by atoms with Gasteiger partial charge in [-0.2, -0.15) is 0 Å². The first-order valence-electron chi connectivity index (χ1n) is 7.05. The molecule has 0 aromatic carbocycles. The van der Waals surface area contributed by atoms with Crippen molar-refractivity contribution in [1.82, 2.24) is 20.6 Å². The molecule has 0 saturated carbocycles. The Morgan fingerprint density at radius 1 is 0.739 bits per heavy atom. The number of amides is 4. The highest BCUT2D eigenvalue weighted by Gasteiger charge is 2.50.